The molecule has 0 saturated heterocycles. The number of carboxylic acids is 1. The molecule has 0 heterocycles. The number of rotatable bonds is 9. The molecule has 5 heteroatoms. The molecule has 178 valence electrons. The summed E-state index contributed by atoms with van der Waals surface area (Å²) >= 11 is 0. The predicted molar refractivity (Wildman–Crippen MR) is 134 cm³/mol. The van der Waals surface area contributed by atoms with Crippen LogP contribution in [0.15, 0.2) is 103 Å². The average Bonchev–Trinajstić information content (AvgIpc) is 2.88. The van der Waals surface area contributed by atoms with Gasteiger partial charge in [0, 0.05) is 24.2 Å². The van der Waals surface area contributed by atoms with Crippen LogP contribution in [0.4, 0.5) is 8.78 Å². The number of carboxylic acid groups (broad SMARTS) is 1. The number of hydrogen-bond donors (Lipinski definition) is 1. The van der Waals surface area contributed by atoms with Gasteiger partial charge in [-0.2, -0.15) is 0 Å². The van der Waals surface area contributed by atoms with Crippen LogP contribution in [0.2, 0.25) is 0 Å². The third-order valence-corrected chi connectivity index (χ3v) is 6.29. The van der Waals surface area contributed by atoms with E-state index < -0.39 is 23.6 Å². The Morgan fingerprint density at radius 1 is 0.829 bits per heavy atom. The summed E-state index contributed by atoms with van der Waals surface area (Å²) in [5, 5.41) is 9.84. The molecule has 4 aromatic rings. The normalized spacial score (nSPS) is 12.9. The van der Waals surface area contributed by atoms with Crippen LogP contribution in [0.1, 0.15) is 42.1 Å². The first-order valence-corrected chi connectivity index (χ1v) is 11.5. The van der Waals surface area contributed by atoms with E-state index in [0.717, 1.165) is 22.8 Å². The minimum Gasteiger partial charge on any atom is -0.481 e. The molecule has 0 aromatic heterocycles. The lowest BCUT2D eigenvalue weighted by molar-refractivity contribution is -0.138. The van der Waals surface area contributed by atoms with E-state index in [4.69, 9.17) is 0 Å². The molecule has 0 aliphatic heterocycles. The van der Waals surface area contributed by atoms with Crippen LogP contribution in [0.25, 0.3) is 11.1 Å². The Labute approximate surface area is 204 Å². The van der Waals surface area contributed by atoms with Crippen molar-refractivity contribution in [3.8, 4) is 11.1 Å². The van der Waals surface area contributed by atoms with Crippen molar-refractivity contribution in [3.05, 3.63) is 131 Å². The molecule has 4 rings (SSSR count). The van der Waals surface area contributed by atoms with E-state index in [-0.39, 0.29) is 18.0 Å². The molecule has 2 unspecified atom stereocenters. The molecule has 0 aliphatic rings. The minimum absolute atomic E-state index is 0.102. The molecular formula is C30H27F2NO2. The van der Waals surface area contributed by atoms with Gasteiger partial charge in [0.05, 0.1) is 6.42 Å². The molecule has 0 radical (unpaired) electrons. The van der Waals surface area contributed by atoms with Gasteiger partial charge in [-0.3, -0.25) is 9.69 Å². The summed E-state index contributed by atoms with van der Waals surface area (Å²) in [5.74, 6) is -2.77. The molecule has 0 bridgehead atoms. The highest BCUT2D eigenvalue weighted by Gasteiger charge is 2.29. The predicted octanol–water partition coefficient (Wildman–Crippen LogP) is 7.41. The van der Waals surface area contributed by atoms with Gasteiger partial charge in [0.2, 0.25) is 0 Å². The number of halogens is 2. The Morgan fingerprint density at radius 2 is 1.46 bits per heavy atom. The molecule has 35 heavy (non-hydrogen) atoms. The smallest absolute Gasteiger partial charge is 0.305 e. The van der Waals surface area contributed by atoms with E-state index in [1.54, 1.807) is 18.2 Å². The van der Waals surface area contributed by atoms with Crippen LogP contribution in [-0.4, -0.2) is 16.0 Å². The van der Waals surface area contributed by atoms with Crippen molar-refractivity contribution in [2.24, 2.45) is 0 Å². The molecule has 0 aliphatic carbocycles. The first-order chi connectivity index (χ1) is 16.9. The average molecular weight is 472 g/mol. The zero-order valence-electron chi connectivity index (χ0n) is 19.4. The van der Waals surface area contributed by atoms with E-state index in [0.29, 0.717) is 12.1 Å². The van der Waals surface area contributed by atoms with Gasteiger partial charge in [-0.05, 0) is 41.3 Å². The Bertz CT molecular complexity index is 1280. The van der Waals surface area contributed by atoms with Gasteiger partial charge in [-0.1, -0.05) is 91.0 Å². The Morgan fingerprint density at radius 3 is 2.14 bits per heavy atom. The topological polar surface area (TPSA) is 40.5 Å². The molecule has 0 amide bonds. The van der Waals surface area contributed by atoms with Crippen molar-refractivity contribution in [1.82, 2.24) is 4.90 Å². The van der Waals surface area contributed by atoms with Crippen molar-refractivity contribution in [3.63, 3.8) is 0 Å². The molecule has 1 N–H and O–H groups in total. The van der Waals surface area contributed by atoms with E-state index >= 15 is 0 Å². The second kappa shape index (κ2) is 11.1. The van der Waals surface area contributed by atoms with Crippen LogP contribution < -0.4 is 0 Å². The molecule has 3 nitrogen and oxygen atoms in total. The van der Waals surface area contributed by atoms with Crippen molar-refractivity contribution in [2.45, 2.75) is 32.0 Å². The van der Waals surface area contributed by atoms with Gasteiger partial charge < -0.3 is 5.11 Å². The zero-order valence-corrected chi connectivity index (χ0v) is 19.4. The van der Waals surface area contributed by atoms with E-state index in [2.05, 4.69) is 11.8 Å². The van der Waals surface area contributed by atoms with Crippen LogP contribution in [0, 0.1) is 11.6 Å². The maximum atomic E-state index is 14.5. The third-order valence-electron chi connectivity index (χ3n) is 6.29. The maximum absolute atomic E-state index is 14.5. The fourth-order valence-corrected chi connectivity index (χ4v) is 4.47. The Hall–Kier alpha value is -3.83. The molecule has 2 atom stereocenters. The van der Waals surface area contributed by atoms with E-state index in [9.17, 15) is 18.7 Å². The molecule has 0 saturated carbocycles. The number of hydrogen-bond acceptors (Lipinski definition) is 2. The summed E-state index contributed by atoms with van der Waals surface area (Å²) in [4.78, 5) is 14.2. The highest BCUT2D eigenvalue weighted by Crippen LogP contribution is 2.36. The Balaban J connectivity index is 1.80. The Kier molecular flexibility index (Phi) is 7.68. The summed E-state index contributed by atoms with van der Waals surface area (Å²) in [6, 6.07) is 30.4. The minimum atomic E-state index is -0.935. The summed E-state index contributed by atoms with van der Waals surface area (Å²) in [6.07, 6.45) is -0.140. The van der Waals surface area contributed by atoms with E-state index in [1.165, 1.54) is 12.1 Å². The van der Waals surface area contributed by atoms with Gasteiger partial charge in [0.25, 0.3) is 0 Å². The van der Waals surface area contributed by atoms with Crippen molar-refractivity contribution >= 4 is 5.97 Å². The van der Waals surface area contributed by atoms with Gasteiger partial charge in [-0.15, -0.1) is 0 Å². The molecular weight excluding hydrogens is 444 g/mol. The third kappa shape index (κ3) is 5.81. The van der Waals surface area contributed by atoms with Crippen LogP contribution in [-0.2, 0) is 11.3 Å². The number of aliphatic carboxylic acids is 1. The lowest BCUT2D eigenvalue weighted by atomic mass is 9.94. The van der Waals surface area contributed by atoms with Gasteiger partial charge in [0.1, 0.15) is 0 Å². The summed E-state index contributed by atoms with van der Waals surface area (Å²) in [5.41, 5.74) is 3.49. The fourth-order valence-electron chi connectivity index (χ4n) is 4.47. The standard InChI is InChI=1S/C30H27F2NO2/c1-21(23-12-6-3-7-13-23)33(20-22-10-4-2-5-11-22)28(19-29(34)35)25-15-8-14-24(18-25)26-16-9-17-27(31)30(26)32/h2-18,21,28H,19-20H2,1H3,(H,34,35). The highest BCUT2D eigenvalue weighted by molar-refractivity contribution is 5.69. The quantitative estimate of drug-likeness (QED) is 0.276. The monoisotopic (exact) mass is 471 g/mol. The lowest BCUT2D eigenvalue weighted by Crippen LogP contribution is -2.32. The van der Waals surface area contributed by atoms with Gasteiger partial charge >= 0.3 is 5.97 Å². The second-order valence-corrected chi connectivity index (χ2v) is 8.59. The molecule has 4 aromatic carbocycles. The van der Waals surface area contributed by atoms with Crippen LogP contribution in [0.3, 0.4) is 0 Å². The first kappa shape index (κ1) is 24.3. The lowest BCUT2D eigenvalue weighted by Gasteiger charge is -2.37. The SMILES string of the molecule is CC(c1ccccc1)N(Cc1ccccc1)C(CC(=O)O)c1cccc(-c2cccc(F)c2F)c1. The van der Waals surface area contributed by atoms with Crippen molar-refractivity contribution in [2.75, 3.05) is 0 Å². The fraction of sp³-hybridized carbons (Fsp3) is 0.167. The number of nitrogens with zero attached hydrogens (tertiary/aromatic N) is 1. The number of carbonyl (C=O) groups is 1. The summed E-state index contributed by atoms with van der Waals surface area (Å²) < 4.78 is 28.4. The van der Waals surface area contributed by atoms with Crippen molar-refractivity contribution < 1.29 is 18.7 Å². The van der Waals surface area contributed by atoms with Crippen molar-refractivity contribution in [1.29, 1.82) is 0 Å². The molecule has 0 fully saturated rings. The van der Waals surface area contributed by atoms with E-state index in [1.807, 2.05) is 66.7 Å². The maximum Gasteiger partial charge on any atom is 0.305 e. The number of benzene rings is 4. The van der Waals surface area contributed by atoms with Crippen LogP contribution in [0.5, 0.6) is 0 Å². The van der Waals surface area contributed by atoms with Crippen LogP contribution >= 0.6 is 0 Å². The first-order valence-electron chi connectivity index (χ1n) is 11.5. The van der Waals surface area contributed by atoms with Gasteiger partial charge in [-0.25, -0.2) is 8.78 Å². The largest absolute Gasteiger partial charge is 0.481 e. The summed E-state index contributed by atoms with van der Waals surface area (Å²) in [7, 11) is 0. The highest BCUT2D eigenvalue weighted by atomic mass is 19.2. The zero-order chi connectivity index (χ0) is 24.8. The van der Waals surface area contributed by atoms with Gasteiger partial charge in [0.15, 0.2) is 11.6 Å². The summed E-state index contributed by atoms with van der Waals surface area (Å²) in [6.45, 7) is 2.58. The molecule has 0 spiro atoms. The second-order valence-electron chi connectivity index (χ2n) is 8.59.